The summed E-state index contributed by atoms with van der Waals surface area (Å²) in [6.45, 7) is 10.4. The maximum Gasteiger partial charge on any atom is 0.0453 e. The Kier molecular flexibility index (Phi) is 2.78. The topological polar surface area (TPSA) is 12.9 Å². The van der Waals surface area contributed by atoms with Crippen molar-refractivity contribution in [3.8, 4) is 0 Å². The molecule has 0 saturated carbocycles. The Hall–Kier alpha value is -1.63. The Morgan fingerprint density at radius 1 is 1.31 bits per heavy atom. The SMILES string of the molecule is C=C(C)C(C)c1cccc2ccnc(C)c12. The molecule has 82 valence electrons. The number of aryl methyl sites for hydroxylation is 1. The van der Waals surface area contributed by atoms with Crippen LogP contribution in [-0.4, -0.2) is 4.98 Å². The van der Waals surface area contributed by atoms with Gasteiger partial charge in [-0.1, -0.05) is 37.3 Å². The van der Waals surface area contributed by atoms with Gasteiger partial charge < -0.3 is 0 Å². The number of fused-ring (bicyclic) bond motifs is 1. The standard InChI is InChI=1S/C15H17N/c1-10(2)11(3)14-7-5-6-13-8-9-16-12(4)15(13)14/h5-9,11H,1H2,2-4H3. The van der Waals surface area contributed by atoms with Gasteiger partial charge in [0.15, 0.2) is 0 Å². The Morgan fingerprint density at radius 2 is 2.06 bits per heavy atom. The van der Waals surface area contributed by atoms with E-state index in [9.17, 15) is 0 Å². The second-order valence-electron chi connectivity index (χ2n) is 4.41. The highest BCUT2D eigenvalue weighted by atomic mass is 14.7. The zero-order chi connectivity index (χ0) is 11.7. The lowest BCUT2D eigenvalue weighted by atomic mass is 9.90. The van der Waals surface area contributed by atoms with Crippen LogP contribution in [-0.2, 0) is 0 Å². The molecular formula is C15H17N. The summed E-state index contributed by atoms with van der Waals surface area (Å²) in [6, 6.07) is 8.49. The molecule has 0 fully saturated rings. The third-order valence-corrected chi connectivity index (χ3v) is 3.22. The number of nitrogens with zero attached hydrogens (tertiary/aromatic N) is 1. The first-order chi connectivity index (χ1) is 7.61. The van der Waals surface area contributed by atoms with E-state index < -0.39 is 0 Å². The van der Waals surface area contributed by atoms with Crippen molar-refractivity contribution in [3.63, 3.8) is 0 Å². The van der Waals surface area contributed by atoms with Crippen LogP contribution < -0.4 is 0 Å². The van der Waals surface area contributed by atoms with Crippen molar-refractivity contribution in [3.05, 3.63) is 53.9 Å². The lowest BCUT2D eigenvalue weighted by Crippen LogP contribution is -1.97. The fourth-order valence-corrected chi connectivity index (χ4v) is 2.07. The molecule has 0 aliphatic heterocycles. The fourth-order valence-electron chi connectivity index (χ4n) is 2.07. The predicted molar refractivity (Wildman–Crippen MR) is 69.7 cm³/mol. The summed E-state index contributed by atoms with van der Waals surface area (Å²) in [6.07, 6.45) is 1.87. The van der Waals surface area contributed by atoms with Crippen molar-refractivity contribution in [2.24, 2.45) is 0 Å². The van der Waals surface area contributed by atoms with Crippen molar-refractivity contribution in [1.82, 2.24) is 4.98 Å². The smallest absolute Gasteiger partial charge is 0.0453 e. The minimum atomic E-state index is 0.381. The van der Waals surface area contributed by atoms with E-state index in [-0.39, 0.29) is 0 Å². The Morgan fingerprint density at radius 3 is 2.75 bits per heavy atom. The minimum absolute atomic E-state index is 0.381. The summed E-state index contributed by atoms with van der Waals surface area (Å²) in [5.41, 5.74) is 3.62. The van der Waals surface area contributed by atoms with Crippen LogP contribution >= 0.6 is 0 Å². The molecule has 16 heavy (non-hydrogen) atoms. The summed E-state index contributed by atoms with van der Waals surface area (Å²) in [7, 11) is 0. The van der Waals surface area contributed by atoms with Gasteiger partial charge in [0.05, 0.1) is 0 Å². The molecule has 0 N–H and O–H groups in total. The lowest BCUT2D eigenvalue weighted by molar-refractivity contribution is 0.906. The zero-order valence-electron chi connectivity index (χ0n) is 10.1. The number of pyridine rings is 1. The van der Waals surface area contributed by atoms with E-state index in [2.05, 4.69) is 56.6 Å². The lowest BCUT2D eigenvalue weighted by Gasteiger charge is -2.15. The van der Waals surface area contributed by atoms with Crippen LogP contribution in [0.4, 0.5) is 0 Å². The summed E-state index contributed by atoms with van der Waals surface area (Å²) in [5.74, 6) is 0.381. The van der Waals surface area contributed by atoms with Crippen molar-refractivity contribution >= 4 is 10.8 Å². The molecule has 1 heterocycles. The van der Waals surface area contributed by atoms with Gasteiger partial charge in [0.2, 0.25) is 0 Å². The zero-order valence-corrected chi connectivity index (χ0v) is 10.1. The molecule has 1 unspecified atom stereocenters. The van der Waals surface area contributed by atoms with E-state index in [1.54, 1.807) is 0 Å². The molecule has 0 saturated heterocycles. The average molecular weight is 211 g/mol. The van der Waals surface area contributed by atoms with Crippen LogP contribution in [0.2, 0.25) is 0 Å². The molecule has 1 nitrogen and oxygen atoms in total. The van der Waals surface area contributed by atoms with Gasteiger partial charge in [-0.3, -0.25) is 4.98 Å². The average Bonchev–Trinajstić information content (AvgIpc) is 2.27. The monoisotopic (exact) mass is 211 g/mol. The number of allylic oxidation sites excluding steroid dienone is 1. The van der Waals surface area contributed by atoms with E-state index in [0.29, 0.717) is 5.92 Å². The second-order valence-corrected chi connectivity index (χ2v) is 4.41. The molecule has 0 amide bonds. The molecular weight excluding hydrogens is 194 g/mol. The first kappa shape index (κ1) is 10.9. The van der Waals surface area contributed by atoms with Gasteiger partial charge in [0, 0.05) is 23.2 Å². The van der Waals surface area contributed by atoms with Crippen molar-refractivity contribution in [2.45, 2.75) is 26.7 Å². The number of rotatable bonds is 2. The molecule has 1 atom stereocenters. The van der Waals surface area contributed by atoms with Crippen molar-refractivity contribution in [2.75, 3.05) is 0 Å². The molecule has 2 aromatic rings. The van der Waals surface area contributed by atoms with Gasteiger partial charge in [-0.2, -0.15) is 0 Å². The van der Waals surface area contributed by atoms with Crippen LogP contribution in [0.25, 0.3) is 10.8 Å². The van der Waals surface area contributed by atoms with Gasteiger partial charge in [-0.15, -0.1) is 0 Å². The van der Waals surface area contributed by atoms with E-state index in [4.69, 9.17) is 0 Å². The predicted octanol–water partition coefficient (Wildman–Crippen LogP) is 4.22. The molecule has 2 rings (SSSR count). The molecule has 0 aliphatic rings. The number of aromatic nitrogens is 1. The number of hydrogen-bond donors (Lipinski definition) is 0. The molecule has 0 bridgehead atoms. The number of hydrogen-bond acceptors (Lipinski definition) is 1. The third kappa shape index (κ3) is 1.73. The van der Waals surface area contributed by atoms with E-state index in [0.717, 1.165) is 5.69 Å². The molecule has 0 spiro atoms. The molecule has 0 aliphatic carbocycles. The van der Waals surface area contributed by atoms with Gasteiger partial charge in [0.1, 0.15) is 0 Å². The van der Waals surface area contributed by atoms with Gasteiger partial charge in [-0.05, 0) is 30.9 Å². The van der Waals surface area contributed by atoms with E-state index in [1.165, 1.54) is 21.9 Å². The highest BCUT2D eigenvalue weighted by Gasteiger charge is 2.11. The highest BCUT2D eigenvalue weighted by Crippen LogP contribution is 2.30. The maximum atomic E-state index is 4.38. The van der Waals surface area contributed by atoms with Crippen LogP contribution in [0.5, 0.6) is 0 Å². The summed E-state index contributed by atoms with van der Waals surface area (Å²) in [4.78, 5) is 4.38. The minimum Gasteiger partial charge on any atom is -0.261 e. The van der Waals surface area contributed by atoms with E-state index >= 15 is 0 Å². The van der Waals surface area contributed by atoms with Crippen LogP contribution in [0.3, 0.4) is 0 Å². The molecule has 0 radical (unpaired) electrons. The summed E-state index contributed by atoms with van der Waals surface area (Å²) < 4.78 is 0. The Labute approximate surface area is 96.8 Å². The largest absolute Gasteiger partial charge is 0.261 e. The van der Waals surface area contributed by atoms with Crippen LogP contribution in [0.15, 0.2) is 42.6 Å². The van der Waals surface area contributed by atoms with Gasteiger partial charge in [-0.25, -0.2) is 0 Å². The van der Waals surface area contributed by atoms with Crippen molar-refractivity contribution < 1.29 is 0 Å². The molecule has 1 aromatic carbocycles. The quantitative estimate of drug-likeness (QED) is 0.678. The highest BCUT2D eigenvalue weighted by molar-refractivity contribution is 5.88. The van der Waals surface area contributed by atoms with Gasteiger partial charge in [0.25, 0.3) is 0 Å². The number of benzene rings is 1. The van der Waals surface area contributed by atoms with Gasteiger partial charge >= 0.3 is 0 Å². The summed E-state index contributed by atoms with van der Waals surface area (Å²) >= 11 is 0. The molecule has 1 aromatic heterocycles. The van der Waals surface area contributed by atoms with Crippen LogP contribution in [0, 0.1) is 6.92 Å². The maximum absolute atomic E-state index is 4.38. The van der Waals surface area contributed by atoms with Crippen molar-refractivity contribution in [1.29, 1.82) is 0 Å². The second kappa shape index (κ2) is 4.09. The first-order valence-corrected chi connectivity index (χ1v) is 5.61. The molecule has 1 heteroatoms. The summed E-state index contributed by atoms with van der Waals surface area (Å²) in [5, 5.41) is 2.54. The Bertz CT molecular complexity index is 535. The Balaban J connectivity index is 2.75. The third-order valence-electron chi connectivity index (χ3n) is 3.22. The fraction of sp³-hybridized carbons (Fsp3) is 0.267. The first-order valence-electron chi connectivity index (χ1n) is 5.61. The van der Waals surface area contributed by atoms with Crippen LogP contribution in [0.1, 0.15) is 31.0 Å². The van der Waals surface area contributed by atoms with E-state index in [1.807, 2.05) is 6.20 Å². The normalized spacial score (nSPS) is 12.7.